The van der Waals surface area contributed by atoms with Crippen molar-refractivity contribution in [3.8, 4) is 0 Å². The van der Waals surface area contributed by atoms with E-state index in [1.54, 1.807) is 6.08 Å². The van der Waals surface area contributed by atoms with Crippen LogP contribution in [0.3, 0.4) is 0 Å². The topological polar surface area (TPSA) is 117 Å². The lowest BCUT2D eigenvalue weighted by Gasteiger charge is -2.58. The van der Waals surface area contributed by atoms with Gasteiger partial charge >= 0.3 is 5.97 Å². The summed E-state index contributed by atoms with van der Waals surface area (Å²) in [6.45, 7) is 5.94. The predicted molar refractivity (Wildman–Crippen MR) is 126 cm³/mol. The van der Waals surface area contributed by atoms with Crippen LogP contribution >= 0.6 is 0 Å². The summed E-state index contributed by atoms with van der Waals surface area (Å²) < 4.78 is 12.0. The zero-order valence-corrected chi connectivity index (χ0v) is 20.9. The standard InChI is InChI=1S/C28H38O7/c1-14-10-21(34-25(33)17(14)12-29)15(2)18-4-5-19-16-11-24-28(35-24)23(32)7-6-22(31)27(28,13-30)20(16)8-9-26(18,19)3/h6-7,15-16,18-21,23-24,29-30,32H,4-5,8-13H2,1-3H3. The van der Waals surface area contributed by atoms with Crippen LogP contribution in [-0.4, -0.2) is 64.2 Å². The van der Waals surface area contributed by atoms with Crippen molar-refractivity contribution in [2.24, 2.45) is 40.4 Å². The Bertz CT molecular complexity index is 1020. The average molecular weight is 487 g/mol. The Balaban J connectivity index is 1.29. The number of allylic oxidation sites excluding steroid dienone is 1. The normalized spacial score (nSPS) is 51.2. The summed E-state index contributed by atoms with van der Waals surface area (Å²) in [6, 6.07) is 0. The van der Waals surface area contributed by atoms with Gasteiger partial charge in [0.15, 0.2) is 5.78 Å². The molecule has 11 unspecified atom stereocenters. The maximum Gasteiger partial charge on any atom is 0.336 e. The lowest BCUT2D eigenvalue weighted by molar-refractivity contribution is -0.164. The van der Waals surface area contributed by atoms with Crippen molar-refractivity contribution in [3.05, 3.63) is 23.3 Å². The molecule has 0 aromatic heterocycles. The van der Waals surface area contributed by atoms with Crippen LogP contribution in [0, 0.1) is 40.4 Å². The number of carbonyl (C=O) groups is 2. The van der Waals surface area contributed by atoms with E-state index in [9.17, 15) is 24.9 Å². The van der Waals surface area contributed by atoms with Crippen molar-refractivity contribution in [2.75, 3.05) is 13.2 Å². The maximum absolute atomic E-state index is 13.4. The van der Waals surface area contributed by atoms with E-state index in [0.29, 0.717) is 23.8 Å². The van der Waals surface area contributed by atoms with Gasteiger partial charge in [0.1, 0.15) is 17.8 Å². The van der Waals surface area contributed by atoms with Gasteiger partial charge in [-0.15, -0.1) is 0 Å². The minimum Gasteiger partial charge on any atom is -0.458 e. The van der Waals surface area contributed by atoms with Gasteiger partial charge in [-0.1, -0.05) is 19.4 Å². The minimum atomic E-state index is -1.05. The molecule has 2 aliphatic heterocycles. The minimum absolute atomic E-state index is 0.00437. The van der Waals surface area contributed by atoms with Crippen LogP contribution in [0.1, 0.15) is 59.3 Å². The summed E-state index contributed by atoms with van der Waals surface area (Å²) in [7, 11) is 0. The molecule has 7 heteroatoms. The lowest BCUT2D eigenvalue weighted by atomic mass is 9.44. The summed E-state index contributed by atoms with van der Waals surface area (Å²) in [4.78, 5) is 25.8. The monoisotopic (exact) mass is 486 g/mol. The second-order valence-corrected chi connectivity index (χ2v) is 12.5. The largest absolute Gasteiger partial charge is 0.458 e. The molecule has 0 amide bonds. The molecule has 1 saturated heterocycles. The molecule has 3 saturated carbocycles. The molecule has 0 bridgehead atoms. The van der Waals surface area contributed by atoms with Crippen LogP contribution in [-0.2, 0) is 19.1 Å². The molecule has 0 aromatic rings. The highest BCUT2D eigenvalue weighted by Crippen LogP contribution is 2.73. The van der Waals surface area contributed by atoms with Crippen LogP contribution in [0.5, 0.6) is 0 Å². The van der Waals surface area contributed by atoms with Gasteiger partial charge in [0, 0.05) is 6.42 Å². The van der Waals surface area contributed by atoms with E-state index in [2.05, 4.69) is 13.8 Å². The molecular weight excluding hydrogens is 448 g/mol. The summed E-state index contributed by atoms with van der Waals surface area (Å²) >= 11 is 0. The molecule has 35 heavy (non-hydrogen) atoms. The smallest absolute Gasteiger partial charge is 0.336 e. The van der Waals surface area contributed by atoms with Gasteiger partial charge in [0.05, 0.1) is 30.3 Å². The average Bonchev–Trinajstić information content (AvgIpc) is 3.46. The Kier molecular flexibility index (Phi) is 5.27. The van der Waals surface area contributed by atoms with Gasteiger partial charge in [-0.25, -0.2) is 4.79 Å². The number of aliphatic hydroxyl groups excluding tert-OH is 3. The molecule has 7 nitrogen and oxygen atoms in total. The number of cyclic esters (lactones) is 1. The fourth-order valence-electron chi connectivity index (χ4n) is 9.78. The van der Waals surface area contributed by atoms with Crippen LogP contribution < -0.4 is 0 Å². The van der Waals surface area contributed by atoms with Crippen LogP contribution in [0.25, 0.3) is 0 Å². The Morgan fingerprint density at radius 2 is 1.94 bits per heavy atom. The number of carbonyl (C=O) groups excluding carboxylic acids is 2. The van der Waals surface area contributed by atoms with Crippen LogP contribution in [0.2, 0.25) is 0 Å². The number of aliphatic hydroxyl groups is 3. The van der Waals surface area contributed by atoms with Crippen molar-refractivity contribution in [3.63, 3.8) is 0 Å². The highest BCUT2D eigenvalue weighted by Gasteiger charge is 2.81. The number of hydrogen-bond acceptors (Lipinski definition) is 7. The lowest BCUT2D eigenvalue weighted by Crippen LogP contribution is -2.66. The number of ether oxygens (including phenoxy) is 2. The van der Waals surface area contributed by atoms with E-state index in [4.69, 9.17) is 9.47 Å². The third-order valence-electron chi connectivity index (χ3n) is 11.6. The van der Waals surface area contributed by atoms with Crippen molar-refractivity contribution < 1.29 is 34.4 Å². The summed E-state index contributed by atoms with van der Waals surface area (Å²) in [5.74, 6) is 0.753. The second kappa shape index (κ2) is 7.73. The number of esters is 1. The van der Waals surface area contributed by atoms with Crippen LogP contribution in [0.15, 0.2) is 23.3 Å². The summed E-state index contributed by atoms with van der Waals surface area (Å²) in [5.41, 5.74) is -0.646. The van der Waals surface area contributed by atoms with E-state index in [1.165, 1.54) is 6.08 Å². The Labute approximate surface area is 206 Å². The van der Waals surface area contributed by atoms with Crippen molar-refractivity contribution in [2.45, 2.75) is 83.2 Å². The van der Waals surface area contributed by atoms with E-state index >= 15 is 0 Å². The highest BCUT2D eigenvalue weighted by atomic mass is 16.6. The first-order chi connectivity index (χ1) is 16.7. The molecule has 2 heterocycles. The van der Waals surface area contributed by atoms with Gasteiger partial charge < -0.3 is 24.8 Å². The van der Waals surface area contributed by atoms with E-state index in [-0.39, 0.29) is 54.4 Å². The molecule has 192 valence electrons. The van der Waals surface area contributed by atoms with Gasteiger partial charge in [-0.3, -0.25) is 4.79 Å². The Hall–Kier alpha value is -1.54. The van der Waals surface area contributed by atoms with Crippen molar-refractivity contribution in [1.82, 2.24) is 0 Å². The third-order valence-corrected chi connectivity index (χ3v) is 11.6. The molecular formula is C28H38O7. The molecule has 0 aromatic carbocycles. The Morgan fingerprint density at radius 1 is 1.17 bits per heavy atom. The van der Waals surface area contributed by atoms with E-state index in [1.807, 2.05) is 6.92 Å². The number of ketones is 1. The maximum atomic E-state index is 13.4. The molecule has 3 N–H and O–H groups in total. The SMILES string of the molecule is CC1=C(CO)C(=O)OC(C(C)C2CCC3C4CC5OC56C(O)C=CC(=O)C6(CO)C4CCC23C)C1. The molecule has 4 fully saturated rings. The zero-order chi connectivity index (χ0) is 24.9. The quantitative estimate of drug-likeness (QED) is 0.412. The number of rotatable bonds is 4. The van der Waals surface area contributed by atoms with Crippen molar-refractivity contribution in [1.29, 1.82) is 0 Å². The molecule has 1 spiro atoms. The van der Waals surface area contributed by atoms with E-state index < -0.39 is 23.1 Å². The first kappa shape index (κ1) is 23.8. The summed E-state index contributed by atoms with van der Waals surface area (Å²) in [6.07, 6.45) is 7.13. The summed E-state index contributed by atoms with van der Waals surface area (Å²) in [5, 5.41) is 31.1. The molecule has 0 radical (unpaired) electrons. The first-order valence-electron chi connectivity index (χ1n) is 13.4. The van der Waals surface area contributed by atoms with Gasteiger partial charge in [0.2, 0.25) is 0 Å². The van der Waals surface area contributed by atoms with Crippen molar-refractivity contribution >= 4 is 11.8 Å². The number of hydrogen-bond donors (Lipinski definition) is 3. The third kappa shape index (κ3) is 2.81. The molecule has 4 aliphatic carbocycles. The predicted octanol–water partition coefficient (Wildman–Crippen LogP) is 2.33. The second-order valence-electron chi connectivity index (χ2n) is 12.5. The number of fused-ring (bicyclic) bond motifs is 4. The fourth-order valence-corrected chi connectivity index (χ4v) is 9.78. The molecule has 6 aliphatic rings. The Morgan fingerprint density at radius 3 is 2.63 bits per heavy atom. The van der Waals surface area contributed by atoms with E-state index in [0.717, 1.165) is 37.7 Å². The van der Waals surface area contributed by atoms with Gasteiger partial charge in [-0.2, -0.15) is 0 Å². The fraction of sp³-hybridized carbons (Fsp3) is 0.786. The molecule has 6 rings (SSSR count). The first-order valence-corrected chi connectivity index (χ1v) is 13.4. The van der Waals surface area contributed by atoms with Gasteiger partial charge in [0.25, 0.3) is 0 Å². The highest BCUT2D eigenvalue weighted by molar-refractivity contribution is 5.98. The number of epoxide rings is 1. The van der Waals surface area contributed by atoms with Gasteiger partial charge in [-0.05, 0) is 86.2 Å². The molecule has 11 atom stereocenters. The zero-order valence-electron chi connectivity index (χ0n) is 20.9. The van der Waals surface area contributed by atoms with Crippen LogP contribution in [0.4, 0.5) is 0 Å².